The van der Waals surface area contributed by atoms with E-state index in [9.17, 15) is 13.2 Å². The maximum Gasteiger partial charge on any atom is 0.248 e. The van der Waals surface area contributed by atoms with E-state index in [2.05, 4.69) is 21.4 Å². The Balaban J connectivity index is 1.27. The Kier molecular flexibility index (Phi) is 9.87. The molecule has 1 amide bonds. The molecule has 2 aromatic rings. The summed E-state index contributed by atoms with van der Waals surface area (Å²) >= 11 is 0. The van der Waals surface area contributed by atoms with Gasteiger partial charge in [-0.1, -0.05) is 0 Å². The summed E-state index contributed by atoms with van der Waals surface area (Å²) in [7, 11) is 1.81. The Morgan fingerprint density at radius 1 is 0.977 bits per heavy atom. The minimum absolute atomic E-state index is 0.0533. The maximum absolute atomic E-state index is 14.1. The monoisotopic (exact) mass is 615 g/mol. The average Bonchev–Trinajstić information content (AvgIpc) is 3.39. The summed E-state index contributed by atoms with van der Waals surface area (Å²) in [6, 6.07) is 7.51. The van der Waals surface area contributed by atoms with E-state index in [-0.39, 0.29) is 30.1 Å². The number of carbonyl (C=O) groups is 1. The summed E-state index contributed by atoms with van der Waals surface area (Å²) < 4.78 is 43.4. The molecule has 2 aliphatic heterocycles. The number of rotatable bonds is 9. The van der Waals surface area contributed by atoms with Crippen LogP contribution >= 0.6 is 0 Å². The highest BCUT2D eigenvalue weighted by molar-refractivity contribution is 7.89. The quantitative estimate of drug-likeness (QED) is 0.428. The van der Waals surface area contributed by atoms with Crippen LogP contribution in [-0.4, -0.2) is 117 Å². The van der Waals surface area contributed by atoms with Gasteiger partial charge in [-0.25, -0.2) is 8.42 Å². The average molecular weight is 616 g/mol. The van der Waals surface area contributed by atoms with Crippen LogP contribution in [0.15, 0.2) is 29.2 Å². The van der Waals surface area contributed by atoms with Crippen LogP contribution < -0.4 is 4.74 Å². The number of benzene rings is 1. The van der Waals surface area contributed by atoms with Crippen molar-refractivity contribution in [3.8, 4) is 5.75 Å². The third-order valence-electron chi connectivity index (χ3n) is 10.1. The van der Waals surface area contributed by atoms with E-state index in [0.717, 1.165) is 62.4 Å². The summed E-state index contributed by atoms with van der Waals surface area (Å²) in [4.78, 5) is 20.5. The van der Waals surface area contributed by atoms with E-state index in [1.807, 2.05) is 44.9 Å². The smallest absolute Gasteiger partial charge is 0.248 e. The molecule has 1 aromatic carbocycles. The largest absolute Gasteiger partial charge is 0.496 e. The number of likely N-dealkylation sites (N-methyl/N-ethyl adjacent to an activating group) is 2. The number of amides is 1. The molecule has 1 aromatic heterocycles. The Morgan fingerprint density at radius 2 is 1.72 bits per heavy atom. The van der Waals surface area contributed by atoms with Gasteiger partial charge in [-0.15, -0.1) is 0 Å². The lowest BCUT2D eigenvalue weighted by atomic mass is 9.88. The lowest BCUT2D eigenvalue weighted by Crippen LogP contribution is -2.53. The first-order valence-corrected chi connectivity index (χ1v) is 17.0. The maximum atomic E-state index is 14.1. The number of ether oxygens (including phenoxy) is 2. The van der Waals surface area contributed by atoms with E-state index in [1.165, 1.54) is 6.42 Å². The predicted octanol–water partition coefficient (Wildman–Crippen LogP) is 3.20. The normalized spacial score (nSPS) is 24.1. The first-order chi connectivity index (χ1) is 20.5. The molecule has 238 valence electrons. The number of hydrogen-bond donors (Lipinski definition) is 0. The third-order valence-corrected chi connectivity index (χ3v) is 12.1. The molecule has 1 unspecified atom stereocenters. The zero-order valence-electron chi connectivity index (χ0n) is 26.7. The van der Waals surface area contributed by atoms with Gasteiger partial charge in [-0.2, -0.15) is 4.31 Å². The summed E-state index contributed by atoms with van der Waals surface area (Å²) in [5, 5.41) is 0. The van der Waals surface area contributed by atoms with E-state index in [4.69, 9.17) is 9.47 Å². The first-order valence-electron chi connectivity index (χ1n) is 15.6. The van der Waals surface area contributed by atoms with E-state index in [1.54, 1.807) is 23.5 Å². The second-order valence-corrected chi connectivity index (χ2v) is 14.4. The van der Waals surface area contributed by atoms with Gasteiger partial charge in [0, 0.05) is 69.8 Å². The number of methoxy groups -OCH3 is 1. The Bertz CT molecular complexity index is 1400. The molecule has 5 rings (SSSR count). The van der Waals surface area contributed by atoms with Crippen LogP contribution in [0.25, 0.3) is 0 Å². The molecule has 10 nitrogen and oxygen atoms in total. The van der Waals surface area contributed by atoms with Crippen molar-refractivity contribution in [1.82, 2.24) is 23.6 Å². The van der Waals surface area contributed by atoms with Crippen molar-refractivity contribution in [2.45, 2.75) is 76.0 Å². The number of carbonyl (C=O) groups excluding carboxylic acids is 1. The van der Waals surface area contributed by atoms with Gasteiger partial charge in [0.25, 0.3) is 0 Å². The minimum atomic E-state index is -3.85. The molecule has 0 spiro atoms. The molecule has 0 radical (unpaired) electrons. The van der Waals surface area contributed by atoms with Crippen molar-refractivity contribution in [1.29, 1.82) is 0 Å². The van der Waals surface area contributed by atoms with Gasteiger partial charge >= 0.3 is 0 Å². The lowest BCUT2D eigenvalue weighted by molar-refractivity contribution is -0.138. The molecule has 43 heavy (non-hydrogen) atoms. The van der Waals surface area contributed by atoms with Crippen molar-refractivity contribution in [2.75, 3.05) is 67.1 Å². The topological polar surface area (TPSA) is 87.6 Å². The van der Waals surface area contributed by atoms with Gasteiger partial charge < -0.3 is 23.8 Å². The molecule has 1 saturated heterocycles. The van der Waals surface area contributed by atoms with Crippen LogP contribution in [0, 0.1) is 20.8 Å². The number of nitrogens with zero attached hydrogens (tertiary/aromatic N) is 5. The molecule has 3 aliphatic rings. The molecule has 11 heteroatoms. The zero-order valence-corrected chi connectivity index (χ0v) is 27.5. The molecule has 3 heterocycles. The summed E-state index contributed by atoms with van der Waals surface area (Å²) in [5.74, 6) is 0.609. The van der Waals surface area contributed by atoms with Crippen LogP contribution in [0.5, 0.6) is 5.75 Å². The fourth-order valence-corrected chi connectivity index (χ4v) is 8.97. The Morgan fingerprint density at radius 3 is 2.44 bits per heavy atom. The molecule has 0 bridgehead atoms. The Hall–Kier alpha value is -2.44. The molecule has 2 fully saturated rings. The van der Waals surface area contributed by atoms with E-state index in [0.29, 0.717) is 30.4 Å². The number of hydrogen-bond acceptors (Lipinski definition) is 7. The summed E-state index contributed by atoms with van der Waals surface area (Å²) in [6.07, 6.45) is 4.31. The molecule has 0 N–H and O–H groups in total. The van der Waals surface area contributed by atoms with Gasteiger partial charge in [-0.3, -0.25) is 9.69 Å². The van der Waals surface area contributed by atoms with Gasteiger partial charge in [0.2, 0.25) is 15.9 Å². The van der Waals surface area contributed by atoms with Crippen LogP contribution in [-0.2, 0) is 26.1 Å². The number of piperazine rings is 1. The SMILES string of the molecule is COc1ccc(S(=O)(=O)N2CCn3c(C)ccc3C2COCC(=O)N(C)[C@H]2CCC[C@@H](N3CCN(C)CC3)C2)c(C)c1C. The highest BCUT2D eigenvalue weighted by atomic mass is 32.2. The van der Waals surface area contributed by atoms with E-state index < -0.39 is 16.1 Å². The molecule has 1 aliphatic carbocycles. The van der Waals surface area contributed by atoms with Crippen molar-refractivity contribution in [2.24, 2.45) is 0 Å². The number of aromatic nitrogens is 1. The van der Waals surface area contributed by atoms with Crippen molar-refractivity contribution >= 4 is 15.9 Å². The first kappa shape index (κ1) is 32.0. The van der Waals surface area contributed by atoms with Gasteiger partial charge in [0.15, 0.2) is 0 Å². The van der Waals surface area contributed by atoms with Crippen molar-refractivity contribution in [3.63, 3.8) is 0 Å². The zero-order chi connectivity index (χ0) is 30.9. The van der Waals surface area contributed by atoms with Crippen LogP contribution in [0.2, 0.25) is 0 Å². The standard InChI is InChI=1S/C32H49N5O5S/c1-23-10-11-28-29(37(19-18-36(23)28)43(39,40)31-13-12-30(41-6)24(2)25(31)3)21-42-22-32(38)34(5)26-8-7-9-27(20-26)35-16-14-33(4)15-17-35/h10-13,26-27,29H,7-9,14-22H2,1-6H3/t26-,27+,29?/m0/s1. The number of fused-ring (bicyclic) bond motifs is 1. The highest BCUT2D eigenvalue weighted by Crippen LogP contribution is 2.36. The molecule has 3 atom stereocenters. The highest BCUT2D eigenvalue weighted by Gasteiger charge is 2.39. The minimum Gasteiger partial charge on any atom is -0.496 e. The molecular weight excluding hydrogens is 566 g/mol. The summed E-state index contributed by atoms with van der Waals surface area (Å²) in [6.45, 7) is 11.0. The van der Waals surface area contributed by atoms with Crippen molar-refractivity contribution < 1.29 is 22.7 Å². The third kappa shape index (κ3) is 6.51. The fraction of sp³-hybridized carbons (Fsp3) is 0.656. The second kappa shape index (κ2) is 13.3. The second-order valence-electron chi connectivity index (χ2n) is 12.5. The fourth-order valence-electron chi connectivity index (χ4n) is 7.11. The van der Waals surface area contributed by atoms with Gasteiger partial charge in [-0.05, 0) is 88.9 Å². The van der Waals surface area contributed by atoms with Crippen LogP contribution in [0.1, 0.15) is 54.2 Å². The van der Waals surface area contributed by atoms with E-state index >= 15 is 0 Å². The predicted molar refractivity (Wildman–Crippen MR) is 167 cm³/mol. The summed E-state index contributed by atoms with van der Waals surface area (Å²) in [5.41, 5.74) is 3.45. The van der Waals surface area contributed by atoms with Gasteiger partial charge in [0.1, 0.15) is 12.4 Å². The van der Waals surface area contributed by atoms with Crippen LogP contribution in [0.3, 0.4) is 0 Å². The lowest BCUT2D eigenvalue weighted by Gasteiger charge is -2.43. The molecule has 1 saturated carbocycles. The van der Waals surface area contributed by atoms with Crippen LogP contribution in [0.4, 0.5) is 0 Å². The number of sulfonamides is 1. The van der Waals surface area contributed by atoms with Gasteiger partial charge in [0.05, 0.1) is 24.7 Å². The number of aryl methyl sites for hydroxylation is 1. The Labute approximate surface area is 257 Å². The van der Waals surface area contributed by atoms with Crippen molar-refractivity contribution in [3.05, 3.63) is 46.8 Å². The molecular formula is C32H49N5O5S.